The quantitative estimate of drug-likeness (QED) is 0.882. The van der Waals surface area contributed by atoms with Crippen molar-refractivity contribution in [3.8, 4) is 0 Å². The number of nitrogens with one attached hydrogen (secondary N) is 1. The molecule has 0 radical (unpaired) electrons. The average molecular weight is 259 g/mol. The van der Waals surface area contributed by atoms with Crippen LogP contribution in [-0.4, -0.2) is 39.0 Å². The fourth-order valence-electron chi connectivity index (χ4n) is 2.69. The lowest BCUT2D eigenvalue weighted by atomic mass is 9.98. The lowest BCUT2D eigenvalue weighted by molar-refractivity contribution is -0.143. The number of pyridine rings is 1. The van der Waals surface area contributed by atoms with Gasteiger partial charge in [-0.1, -0.05) is 0 Å². The number of carboxylic acids is 1. The molecule has 0 aliphatic carbocycles. The van der Waals surface area contributed by atoms with Gasteiger partial charge in [0, 0.05) is 24.7 Å². The first-order chi connectivity index (χ1) is 9.22. The van der Waals surface area contributed by atoms with Crippen molar-refractivity contribution in [2.24, 2.45) is 5.92 Å². The van der Waals surface area contributed by atoms with Crippen molar-refractivity contribution in [1.29, 1.82) is 0 Å². The largest absolute Gasteiger partial charge is 0.481 e. The van der Waals surface area contributed by atoms with Crippen LogP contribution in [0.15, 0.2) is 24.4 Å². The molecule has 0 saturated carbocycles. The third-order valence-electron chi connectivity index (χ3n) is 3.71. The lowest BCUT2D eigenvalue weighted by Gasteiger charge is -2.30. The summed E-state index contributed by atoms with van der Waals surface area (Å²) in [6.45, 7) is 2.30. The Morgan fingerprint density at radius 3 is 3.21 bits per heavy atom. The molecule has 2 aromatic rings. The second-order valence-electron chi connectivity index (χ2n) is 5.13. The van der Waals surface area contributed by atoms with Gasteiger partial charge in [0.2, 0.25) is 0 Å². The molecule has 5 nitrogen and oxygen atoms in total. The summed E-state index contributed by atoms with van der Waals surface area (Å²) in [6.07, 6.45) is 3.61. The molecule has 3 rings (SSSR count). The van der Waals surface area contributed by atoms with E-state index in [9.17, 15) is 4.79 Å². The van der Waals surface area contributed by atoms with Gasteiger partial charge in [-0.2, -0.15) is 0 Å². The smallest absolute Gasteiger partial charge is 0.307 e. The Hall–Kier alpha value is -1.88. The normalized spacial score (nSPS) is 20.7. The minimum Gasteiger partial charge on any atom is -0.481 e. The fraction of sp³-hybridized carbons (Fsp3) is 0.429. The van der Waals surface area contributed by atoms with E-state index in [1.807, 2.05) is 24.4 Å². The highest BCUT2D eigenvalue weighted by atomic mass is 16.4. The molecule has 0 amide bonds. The molecule has 2 N–H and O–H groups in total. The first-order valence-electron chi connectivity index (χ1n) is 6.60. The van der Waals surface area contributed by atoms with Gasteiger partial charge >= 0.3 is 5.97 Å². The SMILES string of the molecule is O=C(O)[C@@H]1CCCN(Cc2ccc3cc[nH]c3n2)C1. The molecule has 1 saturated heterocycles. The van der Waals surface area contributed by atoms with Crippen molar-refractivity contribution in [2.45, 2.75) is 19.4 Å². The molecule has 0 bridgehead atoms. The van der Waals surface area contributed by atoms with E-state index in [1.54, 1.807) is 0 Å². The van der Waals surface area contributed by atoms with Gasteiger partial charge in [-0.3, -0.25) is 9.69 Å². The third kappa shape index (κ3) is 2.61. The second kappa shape index (κ2) is 5.01. The zero-order valence-electron chi connectivity index (χ0n) is 10.7. The zero-order valence-corrected chi connectivity index (χ0v) is 10.7. The molecule has 5 heteroatoms. The van der Waals surface area contributed by atoms with Crippen LogP contribution in [0.1, 0.15) is 18.5 Å². The number of carbonyl (C=O) groups is 1. The van der Waals surface area contributed by atoms with Crippen LogP contribution in [0.25, 0.3) is 11.0 Å². The summed E-state index contributed by atoms with van der Waals surface area (Å²) in [7, 11) is 0. The van der Waals surface area contributed by atoms with E-state index >= 15 is 0 Å². The van der Waals surface area contributed by atoms with Crippen molar-refractivity contribution >= 4 is 17.0 Å². The van der Waals surface area contributed by atoms with E-state index in [-0.39, 0.29) is 5.92 Å². The Morgan fingerprint density at radius 2 is 2.37 bits per heavy atom. The Morgan fingerprint density at radius 1 is 1.47 bits per heavy atom. The van der Waals surface area contributed by atoms with Crippen LogP contribution >= 0.6 is 0 Å². The first kappa shape index (κ1) is 12.2. The number of fused-ring (bicyclic) bond motifs is 1. The molecule has 3 heterocycles. The molecule has 0 aromatic carbocycles. The van der Waals surface area contributed by atoms with Gasteiger partial charge in [0.15, 0.2) is 0 Å². The number of aromatic nitrogens is 2. The number of likely N-dealkylation sites (tertiary alicyclic amines) is 1. The molecule has 1 aliphatic rings. The maximum Gasteiger partial charge on any atom is 0.307 e. The van der Waals surface area contributed by atoms with Crippen molar-refractivity contribution < 1.29 is 9.90 Å². The molecule has 1 aliphatic heterocycles. The van der Waals surface area contributed by atoms with E-state index in [0.29, 0.717) is 6.54 Å². The zero-order chi connectivity index (χ0) is 13.2. The van der Waals surface area contributed by atoms with Crippen LogP contribution in [0.3, 0.4) is 0 Å². The predicted octanol–water partition coefficient (Wildman–Crippen LogP) is 1.86. The van der Waals surface area contributed by atoms with E-state index in [1.165, 1.54) is 0 Å². The molecular formula is C14H17N3O2. The molecule has 2 aromatic heterocycles. The van der Waals surface area contributed by atoms with Crippen LogP contribution in [0.2, 0.25) is 0 Å². The van der Waals surface area contributed by atoms with E-state index in [0.717, 1.165) is 42.7 Å². The molecule has 1 atom stereocenters. The summed E-state index contributed by atoms with van der Waals surface area (Å²) in [5.74, 6) is -0.916. The van der Waals surface area contributed by atoms with Crippen LogP contribution in [0.5, 0.6) is 0 Å². The highest BCUT2D eigenvalue weighted by molar-refractivity contribution is 5.75. The minimum absolute atomic E-state index is 0.233. The predicted molar refractivity (Wildman–Crippen MR) is 71.7 cm³/mol. The number of aromatic amines is 1. The summed E-state index contributed by atoms with van der Waals surface area (Å²) in [6, 6.07) is 6.06. The monoisotopic (exact) mass is 259 g/mol. The van der Waals surface area contributed by atoms with Gasteiger partial charge in [0.25, 0.3) is 0 Å². The topological polar surface area (TPSA) is 69.2 Å². The highest BCUT2D eigenvalue weighted by Gasteiger charge is 2.25. The van der Waals surface area contributed by atoms with Crippen molar-refractivity contribution in [1.82, 2.24) is 14.9 Å². The van der Waals surface area contributed by atoms with E-state index in [4.69, 9.17) is 5.11 Å². The lowest BCUT2D eigenvalue weighted by Crippen LogP contribution is -2.38. The number of hydrogen-bond acceptors (Lipinski definition) is 3. The molecule has 1 fully saturated rings. The summed E-state index contributed by atoms with van der Waals surface area (Å²) in [5, 5.41) is 10.2. The van der Waals surface area contributed by atoms with Crippen molar-refractivity contribution in [2.75, 3.05) is 13.1 Å². The Bertz CT molecular complexity index is 593. The number of rotatable bonds is 3. The summed E-state index contributed by atoms with van der Waals surface area (Å²) >= 11 is 0. The van der Waals surface area contributed by atoms with E-state index < -0.39 is 5.97 Å². The first-order valence-corrected chi connectivity index (χ1v) is 6.60. The van der Waals surface area contributed by atoms with Gasteiger partial charge in [0.05, 0.1) is 11.6 Å². The molecule has 0 unspecified atom stereocenters. The number of carboxylic acid groups (broad SMARTS) is 1. The molecular weight excluding hydrogens is 242 g/mol. The minimum atomic E-state index is -0.683. The maximum atomic E-state index is 11.0. The standard InChI is InChI=1S/C14H17N3O2/c18-14(19)11-2-1-7-17(8-11)9-12-4-3-10-5-6-15-13(10)16-12/h3-6,11H,1-2,7-9H2,(H,15,16)(H,18,19)/t11-/m1/s1. The molecule has 100 valence electrons. The summed E-state index contributed by atoms with van der Waals surface area (Å²) in [5.41, 5.74) is 1.88. The van der Waals surface area contributed by atoms with Crippen LogP contribution < -0.4 is 0 Å². The van der Waals surface area contributed by atoms with Crippen LogP contribution in [-0.2, 0) is 11.3 Å². The number of nitrogens with zero attached hydrogens (tertiary/aromatic N) is 2. The number of piperidine rings is 1. The number of H-pyrrole nitrogens is 1. The van der Waals surface area contributed by atoms with Crippen molar-refractivity contribution in [3.05, 3.63) is 30.1 Å². The van der Waals surface area contributed by atoms with Gasteiger partial charge in [-0.05, 0) is 37.6 Å². The van der Waals surface area contributed by atoms with E-state index in [2.05, 4.69) is 14.9 Å². The second-order valence-corrected chi connectivity index (χ2v) is 5.13. The summed E-state index contributed by atoms with van der Waals surface area (Å²) in [4.78, 5) is 20.9. The van der Waals surface area contributed by atoms with Crippen LogP contribution in [0, 0.1) is 5.92 Å². The van der Waals surface area contributed by atoms with Gasteiger partial charge in [-0.25, -0.2) is 4.98 Å². The van der Waals surface area contributed by atoms with Crippen molar-refractivity contribution in [3.63, 3.8) is 0 Å². The Labute approximate surface area is 111 Å². The third-order valence-corrected chi connectivity index (χ3v) is 3.71. The Balaban J connectivity index is 1.71. The maximum absolute atomic E-state index is 11.0. The van der Waals surface area contributed by atoms with Gasteiger partial charge in [0.1, 0.15) is 5.65 Å². The summed E-state index contributed by atoms with van der Waals surface area (Å²) < 4.78 is 0. The van der Waals surface area contributed by atoms with Crippen LogP contribution in [0.4, 0.5) is 0 Å². The fourth-order valence-corrected chi connectivity index (χ4v) is 2.69. The van der Waals surface area contributed by atoms with Gasteiger partial charge in [-0.15, -0.1) is 0 Å². The molecule has 19 heavy (non-hydrogen) atoms. The highest BCUT2D eigenvalue weighted by Crippen LogP contribution is 2.19. The number of aliphatic carboxylic acids is 1. The average Bonchev–Trinajstić information content (AvgIpc) is 2.86. The Kier molecular flexibility index (Phi) is 3.21. The van der Waals surface area contributed by atoms with Gasteiger partial charge < -0.3 is 10.1 Å². The molecule has 0 spiro atoms. The number of hydrogen-bond donors (Lipinski definition) is 2.